The zero-order chi connectivity index (χ0) is 12.6. The molecule has 90 valence electrons. The van der Waals surface area contributed by atoms with Crippen LogP contribution in [0.4, 0.5) is 0 Å². The van der Waals surface area contributed by atoms with E-state index in [9.17, 15) is 0 Å². The molecule has 0 radical (unpaired) electrons. The summed E-state index contributed by atoms with van der Waals surface area (Å²) in [5.41, 5.74) is 10.3. The van der Waals surface area contributed by atoms with Crippen molar-refractivity contribution in [1.82, 2.24) is 14.8 Å². The third-order valence-electron chi connectivity index (χ3n) is 2.92. The maximum Gasteiger partial charge on any atom is 0.153 e. The average Bonchev–Trinajstić information content (AvgIpc) is 2.54. The molecule has 2 aromatic rings. The van der Waals surface area contributed by atoms with E-state index >= 15 is 0 Å². The fourth-order valence-corrected chi connectivity index (χ4v) is 2.17. The minimum Gasteiger partial charge on any atom is -0.324 e. The largest absolute Gasteiger partial charge is 0.324 e. The van der Waals surface area contributed by atoms with Gasteiger partial charge in [0.05, 0.1) is 5.69 Å². The van der Waals surface area contributed by atoms with Gasteiger partial charge in [0.15, 0.2) is 5.82 Å². The molecule has 2 rings (SSSR count). The van der Waals surface area contributed by atoms with Crippen LogP contribution in [0, 0.1) is 20.8 Å². The first-order chi connectivity index (χ1) is 8.00. The fraction of sp³-hybridized carbons (Fsp3) is 0.385. The molecule has 1 atom stereocenters. The van der Waals surface area contributed by atoms with Gasteiger partial charge in [0.1, 0.15) is 0 Å². The maximum absolute atomic E-state index is 5.96. The highest BCUT2D eigenvalue weighted by atomic mass is 15.3. The van der Waals surface area contributed by atoms with Crippen LogP contribution in [0.15, 0.2) is 18.3 Å². The van der Waals surface area contributed by atoms with Gasteiger partial charge in [-0.2, -0.15) is 5.10 Å². The van der Waals surface area contributed by atoms with Crippen molar-refractivity contribution in [3.63, 3.8) is 0 Å². The van der Waals surface area contributed by atoms with Crippen molar-refractivity contribution in [2.24, 2.45) is 5.73 Å². The van der Waals surface area contributed by atoms with Crippen molar-refractivity contribution in [2.45, 2.75) is 33.7 Å². The van der Waals surface area contributed by atoms with Gasteiger partial charge in [-0.15, -0.1) is 0 Å². The molecule has 0 aliphatic rings. The monoisotopic (exact) mass is 230 g/mol. The predicted molar refractivity (Wildman–Crippen MR) is 68.2 cm³/mol. The molecule has 2 heterocycles. The molecule has 0 spiro atoms. The van der Waals surface area contributed by atoms with E-state index in [1.54, 1.807) is 6.20 Å². The van der Waals surface area contributed by atoms with E-state index < -0.39 is 0 Å². The number of nitrogens with two attached hydrogens (primary N) is 1. The molecular weight excluding hydrogens is 212 g/mol. The van der Waals surface area contributed by atoms with Crippen LogP contribution in [0.5, 0.6) is 0 Å². The van der Waals surface area contributed by atoms with Crippen LogP contribution < -0.4 is 5.73 Å². The maximum atomic E-state index is 5.96. The number of aromatic nitrogens is 3. The summed E-state index contributed by atoms with van der Waals surface area (Å²) in [6, 6.07) is 3.99. The second-order valence-corrected chi connectivity index (χ2v) is 4.48. The molecule has 0 aliphatic carbocycles. The van der Waals surface area contributed by atoms with Crippen LogP contribution >= 0.6 is 0 Å². The van der Waals surface area contributed by atoms with Crippen LogP contribution in [-0.4, -0.2) is 14.8 Å². The molecule has 0 amide bonds. The van der Waals surface area contributed by atoms with Gasteiger partial charge in [0, 0.05) is 23.5 Å². The van der Waals surface area contributed by atoms with Gasteiger partial charge in [0.25, 0.3) is 0 Å². The Labute approximate surface area is 101 Å². The molecule has 0 aliphatic heterocycles. The zero-order valence-electron chi connectivity index (χ0n) is 10.7. The highest BCUT2D eigenvalue weighted by Crippen LogP contribution is 2.21. The van der Waals surface area contributed by atoms with Crippen molar-refractivity contribution in [3.05, 3.63) is 40.8 Å². The zero-order valence-corrected chi connectivity index (χ0v) is 10.7. The quantitative estimate of drug-likeness (QED) is 0.860. The standard InChI is InChI=1S/C13H18N4/c1-8-5-6-15-12(7-8)17-11(4)13(9(2)14)10(3)16-17/h5-7,9H,14H2,1-4H3. The summed E-state index contributed by atoms with van der Waals surface area (Å²) in [4.78, 5) is 4.34. The van der Waals surface area contributed by atoms with Gasteiger partial charge < -0.3 is 5.73 Å². The number of aryl methyl sites for hydroxylation is 2. The lowest BCUT2D eigenvalue weighted by Crippen LogP contribution is -2.08. The minimum atomic E-state index is -0.00596. The van der Waals surface area contributed by atoms with Gasteiger partial charge in [0.2, 0.25) is 0 Å². The Bertz CT molecular complexity index is 540. The van der Waals surface area contributed by atoms with E-state index in [-0.39, 0.29) is 6.04 Å². The molecule has 4 nitrogen and oxygen atoms in total. The molecule has 0 saturated heterocycles. The second kappa shape index (κ2) is 4.30. The molecule has 1 unspecified atom stereocenters. The molecular formula is C13H18N4. The Morgan fingerprint density at radius 3 is 2.53 bits per heavy atom. The van der Waals surface area contributed by atoms with Crippen LogP contribution in [0.3, 0.4) is 0 Å². The van der Waals surface area contributed by atoms with E-state index in [1.807, 2.05) is 44.5 Å². The first-order valence-corrected chi connectivity index (χ1v) is 5.75. The van der Waals surface area contributed by atoms with Gasteiger partial charge in [-0.25, -0.2) is 9.67 Å². The van der Waals surface area contributed by atoms with E-state index in [1.165, 1.54) is 5.56 Å². The minimum absolute atomic E-state index is 0.00596. The number of hydrogen-bond donors (Lipinski definition) is 1. The molecule has 2 N–H and O–H groups in total. The van der Waals surface area contributed by atoms with Crippen molar-refractivity contribution in [3.8, 4) is 5.82 Å². The Balaban J connectivity index is 2.58. The third-order valence-corrected chi connectivity index (χ3v) is 2.92. The van der Waals surface area contributed by atoms with Crippen molar-refractivity contribution < 1.29 is 0 Å². The molecule has 0 bridgehead atoms. The van der Waals surface area contributed by atoms with Crippen molar-refractivity contribution >= 4 is 0 Å². The number of pyridine rings is 1. The van der Waals surface area contributed by atoms with Crippen LogP contribution in [0.25, 0.3) is 5.82 Å². The van der Waals surface area contributed by atoms with E-state index in [4.69, 9.17) is 5.73 Å². The Kier molecular flexibility index (Phi) is 2.98. The molecule has 17 heavy (non-hydrogen) atoms. The van der Waals surface area contributed by atoms with Crippen molar-refractivity contribution in [2.75, 3.05) is 0 Å². The van der Waals surface area contributed by atoms with E-state index in [0.29, 0.717) is 0 Å². The average molecular weight is 230 g/mol. The SMILES string of the molecule is Cc1ccnc(-n2nc(C)c(C(C)N)c2C)c1. The Morgan fingerprint density at radius 2 is 2.00 bits per heavy atom. The predicted octanol–water partition coefficient (Wildman–Crippen LogP) is 2.21. The lowest BCUT2D eigenvalue weighted by Gasteiger charge is -2.07. The number of rotatable bonds is 2. The number of nitrogens with zero attached hydrogens (tertiary/aromatic N) is 3. The summed E-state index contributed by atoms with van der Waals surface area (Å²) in [6.45, 7) is 8.04. The Hall–Kier alpha value is -1.68. The van der Waals surface area contributed by atoms with E-state index in [0.717, 1.165) is 22.8 Å². The summed E-state index contributed by atoms with van der Waals surface area (Å²) in [5.74, 6) is 0.845. The summed E-state index contributed by atoms with van der Waals surface area (Å²) in [7, 11) is 0. The molecule has 4 heteroatoms. The lowest BCUT2D eigenvalue weighted by molar-refractivity contribution is 0.786. The smallest absolute Gasteiger partial charge is 0.153 e. The second-order valence-electron chi connectivity index (χ2n) is 4.48. The summed E-state index contributed by atoms with van der Waals surface area (Å²) < 4.78 is 1.86. The highest BCUT2D eigenvalue weighted by Gasteiger charge is 2.16. The normalized spacial score (nSPS) is 12.8. The van der Waals surface area contributed by atoms with Crippen LogP contribution in [-0.2, 0) is 0 Å². The summed E-state index contributed by atoms with van der Waals surface area (Å²) in [5, 5.41) is 4.52. The van der Waals surface area contributed by atoms with Crippen molar-refractivity contribution in [1.29, 1.82) is 0 Å². The van der Waals surface area contributed by atoms with E-state index in [2.05, 4.69) is 10.1 Å². The summed E-state index contributed by atoms with van der Waals surface area (Å²) in [6.07, 6.45) is 1.80. The summed E-state index contributed by atoms with van der Waals surface area (Å²) >= 11 is 0. The fourth-order valence-electron chi connectivity index (χ4n) is 2.17. The molecule has 2 aromatic heterocycles. The van der Waals surface area contributed by atoms with Gasteiger partial charge in [-0.3, -0.25) is 0 Å². The first-order valence-electron chi connectivity index (χ1n) is 5.75. The lowest BCUT2D eigenvalue weighted by atomic mass is 10.1. The Morgan fingerprint density at radius 1 is 1.29 bits per heavy atom. The van der Waals surface area contributed by atoms with Crippen LogP contribution in [0.2, 0.25) is 0 Å². The topological polar surface area (TPSA) is 56.7 Å². The molecule has 0 aromatic carbocycles. The number of hydrogen-bond acceptors (Lipinski definition) is 3. The highest BCUT2D eigenvalue weighted by molar-refractivity contribution is 5.35. The third kappa shape index (κ3) is 2.08. The van der Waals surface area contributed by atoms with Gasteiger partial charge in [-0.05, 0) is 45.4 Å². The van der Waals surface area contributed by atoms with Crippen LogP contribution in [0.1, 0.15) is 35.5 Å². The first kappa shape index (κ1) is 11.8. The molecule has 0 fully saturated rings. The van der Waals surface area contributed by atoms with Gasteiger partial charge in [-0.1, -0.05) is 0 Å². The van der Waals surface area contributed by atoms with Gasteiger partial charge >= 0.3 is 0 Å². The molecule has 0 saturated carbocycles.